The van der Waals surface area contributed by atoms with Crippen molar-refractivity contribution in [1.29, 1.82) is 0 Å². The summed E-state index contributed by atoms with van der Waals surface area (Å²) in [4.78, 5) is 35.5. The van der Waals surface area contributed by atoms with Crippen LogP contribution in [0.25, 0.3) is 0 Å². The van der Waals surface area contributed by atoms with Gasteiger partial charge in [-0.25, -0.2) is 0 Å². The molecular weight excluding hydrogens is 286 g/mol. The number of carbonyl (C=O) groups is 3. The van der Waals surface area contributed by atoms with Crippen molar-refractivity contribution in [2.24, 2.45) is 0 Å². The van der Waals surface area contributed by atoms with Crippen LogP contribution in [-0.2, 0) is 14.4 Å². The Hall–Kier alpha value is -2.28. The molecule has 0 bridgehead atoms. The van der Waals surface area contributed by atoms with Gasteiger partial charge in [-0.05, 0) is 18.2 Å². The van der Waals surface area contributed by atoms with E-state index in [2.05, 4.69) is 10.9 Å². The van der Waals surface area contributed by atoms with Crippen LogP contribution in [0.15, 0.2) is 18.2 Å². The molecule has 2 N–H and O–H groups in total. The average molecular weight is 298 g/mol. The molecule has 0 spiro atoms. The van der Waals surface area contributed by atoms with Gasteiger partial charge in [0.15, 0.2) is 6.61 Å². The number of ether oxygens (including phenoxy) is 1. The molecule has 20 heavy (non-hydrogen) atoms. The summed E-state index contributed by atoms with van der Waals surface area (Å²) in [7, 11) is 0. The quantitative estimate of drug-likeness (QED) is 0.765. The Balaban J connectivity index is 2.15. The Kier molecular flexibility index (Phi) is 4.09. The monoisotopic (exact) mass is 297 g/mol. The largest absolute Gasteiger partial charge is 0.482 e. The average Bonchev–Trinajstić information content (AvgIpc) is 2.40. The number of amides is 3. The van der Waals surface area contributed by atoms with E-state index in [0.717, 1.165) is 0 Å². The molecule has 0 unspecified atom stereocenters. The van der Waals surface area contributed by atoms with Gasteiger partial charge in [0.2, 0.25) is 5.91 Å². The van der Waals surface area contributed by atoms with Gasteiger partial charge < -0.3 is 4.74 Å². The van der Waals surface area contributed by atoms with Crippen LogP contribution < -0.4 is 20.5 Å². The highest BCUT2D eigenvalue weighted by Crippen LogP contribution is 2.34. The fourth-order valence-electron chi connectivity index (χ4n) is 1.69. The molecule has 0 radical (unpaired) electrons. The summed E-state index contributed by atoms with van der Waals surface area (Å²) in [5.74, 6) is -0.824. The summed E-state index contributed by atoms with van der Waals surface area (Å²) in [5.41, 5.74) is 4.76. The molecule has 0 fully saturated rings. The Labute approximate surface area is 119 Å². The van der Waals surface area contributed by atoms with E-state index in [1.807, 2.05) is 0 Å². The van der Waals surface area contributed by atoms with Crippen LogP contribution in [0.4, 0.5) is 5.69 Å². The van der Waals surface area contributed by atoms with E-state index in [-0.39, 0.29) is 19.1 Å². The number of nitrogens with zero attached hydrogens (tertiary/aromatic N) is 1. The number of carbonyl (C=O) groups excluding carboxylic acids is 3. The number of benzene rings is 1. The summed E-state index contributed by atoms with van der Waals surface area (Å²) >= 11 is 5.88. The maximum absolute atomic E-state index is 11.8. The van der Waals surface area contributed by atoms with Gasteiger partial charge in [-0.15, -0.1) is 0 Å². The molecule has 1 heterocycles. The van der Waals surface area contributed by atoms with Crippen molar-refractivity contribution in [2.45, 2.75) is 6.92 Å². The highest BCUT2D eigenvalue weighted by molar-refractivity contribution is 6.31. The van der Waals surface area contributed by atoms with E-state index in [4.69, 9.17) is 16.3 Å². The topological polar surface area (TPSA) is 87.7 Å². The smallest absolute Gasteiger partial charge is 0.265 e. The first-order chi connectivity index (χ1) is 9.47. The highest BCUT2D eigenvalue weighted by atomic mass is 35.5. The third-order valence-corrected chi connectivity index (χ3v) is 2.78. The SMILES string of the molecule is CC(=O)NNC(=O)CN1C(=O)COc2ccc(Cl)cc21. The summed E-state index contributed by atoms with van der Waals surface area (Å²) in [6, 6.07) is 4.80. The fourth-order valence-corrected chi connectivity index (χ4v) is 1.86. The lowest BCUT2D eigenvalue weighted by molar-refractivity contribution is -0.128. The molecule has 1 aromatic carbocycles. The minimum Gasteiger partial charge on any atom is -0.482 e. The van der Waals surface area contributed by atoms with E-state index < -0.39 is 11.8 Å². The molecule has 106 valence electrons. The van der Waals surface area contributed by atoms with Gasteiger partial charge in [-0.2, -0.15) is 0 Å². The molecule has 2 rings (SSSR count). The Morgan fingerprint density at radius 2 is 2.15 bits per heavy atom. The van der Waals surface area contributed by atoms with Gasteiger partial charge in [-0.1, -0.05) is 11.6 Å². The summed E-state index contributed by atoms with van der Waals surface area (Å²) < 4.78 is 5.25. The first kappa shape index (κ1) is 14.1. The van der Waals surface area contributed by atoms with E-state index in [9.17, 15) is 14.4 Å². The van der Waals surface area contributed by atoms with Crippen molar-refractivity contribution in [3.05, 3.63) is 23.2 Å². The van der Waals surface area contributed by atoms with Gasteiger partial charge in [-0.3, -0.25) is 30.1 Å². The van der Waals surface area contributed by atoms with Crippen LogP contribution in [0.2, 0.25) is 5.02 Å². The third-order valence-electron chi connectivity index (χ3n) is 2.54. The highest BCUT2D eigenvalue weighted by Gasteiger charge is 2.27. The number of hydrogen-bond acceptors (Lipinski definition) is 4. The van der Waals surface area contributed by atoms with Crippen molar-refractivity contribution in [3.8, 4) is 5.75 Å². The molecule has 8 heteroatoms. The predicted octanol–water partition coefficient (Wildman–Crippen LogP) is 0.233. The minimum absolute atomic E-state index is 0.151. The molecule has 0 aromatic heterocycles. The number of hydrogen-bond donors (Lipinski definition) is 2. The maximum Gasteiger partial charge on any atom is 0.265 e. The molecule has 0 saturated heterocycles. The predicted molar refractivity (Wildman–Crippen MR) is 71.3 cm³/mol. The zero-order valence-corrected chi connectivity index (χ0v) is 11.4. The lowest BCUT2D eigenvalue weighted by atomic mass is 10.2. The third kappa shape index (κ3) is 3.18. The number of fused-ring (bicyclic) bond motifs is 1. The lowest BCUT2D eigenvalue weighted by Crippen LogP contribution is -2.49. The Bertz CT molecular complexity index is 576. The summed E-state index contributed by atoms with van der Waals surface area (Å²) in [5, 5.41) is 0.425. The first-order valence-electron chi connectivity index (χ1n) is 5.75. The van der Waals surface area contributed by atoms with Crippen molar-refractivity contribution < 1.29 is 19.1 Å². The van der Waals surface area contributed by atoms with Crippen LogP contribution in [-0.4, -0.2) is 30.9 Å². The fraction of sp³-hybridized carbons (Fsp3) is 0.250. The van der Waals surface area contributed by atoms with Gasteiger partial charge in [0.25, 0.3) is 11.8 Å². The second-order valence-electron chi connectivity index (χ2n) is 4.11. The molecule has 3 amide bonds. The van der Waals surface area contributed by atoms with E-state index in [1.54, 1.807) is 18.2 Å². The van der Waals surface area contributed by atoms with Gasteiger partial charge >= 0.3 is 0 Å². The number of rotatable bonds is 2. The van der Waals surface area contributed by atoms with E-state index in [0.29, 0.717) is 16.5 Å². The van der Waals surface area contributed by atoms with Gasteiger partial charge in [0.1, 0.15) is 12.3 Å². The van der Waals surface area contributed by atoms with E-state index >= 15 is 0 Å². The van der Waals surface area contributed by atoms with Crippen molar-refractivity contribution in [1.82, 2.24) is 10.9 Å². The van der Waals surface area contributed by atoms with Crippen LogP contribution >= 0.6 is 11.6 Å². The Morgan fingerprint density at radius 1 is 1.40 bits per heavy atom. The number of halogens is 1. The van der Waals surface area contributed by atoms with Crippen molar-refractivity contribution in [3.63, 3.8) is 0 Å². The lowest BCUT2D eigenvalue weighted by Gasteiger charge is -2.28. The van der Waals surface area contributed by atoms with Crippen molar-refractivity contribution >= 4 is 35.0 Å². The van der Waals surface area contributed by atoms with Gasteiger partial charge in [0, 0.05) is 11.9 Å². The maximum atomic E-state index is 11.8. The number of hydrazine groups is 1. The molecule has 1 aliphatic rings. The molecule has 0 saturated carbocycles. The zero-order valence-electron chi connectivity index (χ0n) is 10.6. The second kappa shape index (κ2) is 5.79. The second-order valence-corrected chi connectivity index (χ2v) is 4.55. The summed E-state index contributed by atoms with van der Waals surface area (Å²) in [6.07, 6.45) is 0. The van der Waals surface area contributed by atoms with Crippen LogP contribution in [0.3, 0.4) is 0 Å². The Morgan fingerprint density at radius 3 is 2.85 bits per heavy atom. The molecule has 1 aromatic rings. The zero-order chi connectivity index (χ0) is 14.7. The molecule has 7 nitrogen and oxygen atoms in total. The molecular formula is C12H12ClN3O4. The first-order valence-corrected chi connectivity index (χ1v) is 6.13. The normalized spacial score (nSPS) is 13.3. The number of nitrogens with one attached hydrogen (secondary N) is 2. The molecule has 0 aliphatic carbocycles. The molecule has 0 atom stereocenters. The summed E-state index contributed by atoms with van der Waals surface area (Å²) in [6.45, 7) is 0.868. The van der Waals surface area contributed by atoms with Gasteiger partial charge in [0.05, 0.1) is 5.69 Å². The number of anilines is 1. The van der Waals surface area contributed by atoms with Crippen molar-refractivity contribution in [2.75, 3.05) is 18.1 Å². The van der Waals surface area contributed by atoms with E-state index in [1.165, 1.54) is 11.8 Å². The standard InChI is InChI=1S/C12H12ClN3O4/c1-7(17)14-15-11(18)5-16-9-4-8(13)2-3-10(9)20-6-12(16)19/h2-4H,5-6H2,1H3,(H,14,17)(H,15,18). The molecule has 1 aliphatic heterocycles. The van der Waals surface area contributed by atoms with Crippen LogP contribution in [0.5, 0.6) is 5.75 Å². The van der Waals surface area contributed by atoms with Crippen LogP contribution in [0, 0.1) is 0 Å². The minimum atomic E-state index is -0.527. The van der Waals surface area contributed by atoms with Crippen LogP contribution in [0.1, 0.15) is 6.92 Å².